The first-order valence-electron chi connectivity index (χ1n) is 8.42. The minimum Gasteiger partial charge on any atom is -0.352 e. The Balaban J connectivity index is 1.53. The molecule has 1 aliphatic rings. The normalized spacial score (nSPS) is 15.1. The molecule has 0 atom stereocenters. The van der Waals surface area contributed by atoms with Gasteiger partial charge in [0.2, 0.25) is 0 Å². The Hall–Kier alpha value is -2.24. The number of nitriles is 1. The second kappa shape index (κ2) is 8.74. The Bertz CT molecular complexity index is 721. The van der Waals surface area contributed by atoms with Crippen LogP contribution in [0.15, 0.2) is 29.9 Å². The van der Waals surface area contributed by atoms with Gasteiger partial charge in [0.1, 0.15) is 6.07 Å². The highest BCUT2D eigenvalue weighted by Gasteiger charge is 2.20. The van der Waals surface area contributed by atoms with E-state index in [1.54, 1.807) is 24.2 Å². The van der Waals surface area contributed by atoms with Gasteiger partial charge >= 0.3 is 0 Å². The van der Waals surface area contributed by atoms with Crippen molar-refractivity contribution >= 4 is 17.6 Å². The smallest absolute Gasteiger partial charge is 0.187 e. The van der Waals surface area contributed by atoms with Gasteiger partial charge in [0.25, 0.3) is 0 Å². The van der Waals surface area contributed by atoms with Crippen LogP contribution in [0.5, 0.6) is 0 Å². The molecule has 25 heavy (non-hydrogen) atoms. The molecule has 0 aliphatic carbocycles. The number of hydrogen-bond acceptors (Lipinski definition) is 8. The maximum Gasteiger partial charge on any atom is 0.187 e. The number of aromatic nitrogens is 4. The van der Waals surface area contributed by atoms with Crippen LogP contribution in [-0.2, 0) is 6.54 Å². The van der Waals surface area contributed by atoms with Crippen molar-refractivity contribution < 1.29 is 0 Å². The van der Waals surface area contributed by atoms with Gasteiger partial charge in [-0.05, 0) is 6.42 Å². The molecule has 0 saturated carbocycles. The molecule has 1 saturated heterocycles. The van der Waals surface area contributed by atoms with Crippen molar-refractivity contribution in [1.29, 1.82) is 5.26 Å². The highest BCUT2D eigenvalue weighted by atomic mass is 32.2. The maximum absolute atomic E-state index is 9.17. The number of anilines is 1. The van der Waals surface area contributed by atoms with Crippen LogP contribution in [0.4, 0.5) is 5.82 Å². The van der Waals surface area contributed by atoms with Crippen LogP contribution in [0.3, 0.4) is 0 Å². The van der Waals surface area contributed by atoms with Gasteiger partial charge in [-0.1, -0.05) is 18.7 Å². The number of hydrogen-bond donors (Lipinski definition) is 0. The summed E-state index contributed by atoms with van der Waals surface area (Å²) in [6.45, 7) is 6.48. The van der Waals surface area contributed by atoms with E-state index in [-0.39, 0.29) is 0 Å². The van der Waals surface area contributed by atoms with Gasteiger partial charge in [-0.25, -0.2) is 19.9 Å². The number of thioether (sulfide) groups is 1. The van der Waals surface area contributed by atoms with E-state index < -0.39 is 0 Å². The highest BCUT2D eigenvalue weighted by molar-refractivity contribution is 7.99. The summed E-state index contributed by atoms with van der Waals surface area (Å²) in [5, 5.41) is 10.0. The monoisotopic (exact) mass is 355 g/mol. The highest BCUT2D eigenvalue weighted by Crippen LogP contribution is 2.18. The molecule has 2 aromatic rings. The van der Waals surface area contributed by atoms with Crippen molar-refractivity contribution in [2.24, 2.45) is 0 Å². The van der Waals surface area contributed by atoms with Crippen molar-refractivity contribution in [1.82, 2.24) is 24.8 Å². The van der Waals surface area contributed by atoms with E-state index >= 15 is 0 Å². The lowest BCUT2D eigenvalue weighted by Crippen LogP contribution is -2.46. The summed E-state index contributed by atoms with van der Waals surface area (Å²) in [5.41, 5.74) is 1.52. The van der Waals surface area contributed by atoms with Crippen molar-refractivity contribution in [2.75, 3.05) is 36.8 Å². The zero-order valence-electron chi connectivity index (χ0n) is 14.3. The summed E-state index contributed by atoms with van der Waals surface area (Å²) < 4.78 is 0. The molecule has 130 valence electrons. The lowest BCUT2D eigenvalue weighted by atomic mass is 10.2. The summed E-state index contributed by atoms with van der Waals surface area (Å²) in [5.74, 6) is 1.74. The van der Waals surface area contributed by atoms with Gasteiger partial charge in [0.15, 0.2) is 16.7 Å². The van der Waals surface area contributed by atoms with Crippen LogP contribution in [0, 0.1) is 11.3 Å². The number of rotatable bonds is 6. The van der Waals surface area contributed by atoms with Crippen molar-refractivity contribution in [3.05, 3.63) is 36.0 Å². The second-order valence-electron chi connectivity index (χ2n) is 5.83. The Morgan fingerprint density at radius 2 is 1.80 bits per heavy atom. The fourth-order valence-electron chi connectivity index (χ4n) is 2.71. The Kier molecular flexibility index (Phi) is 6.14. The molecule has 2 aromatic heterocycles. The minimum atomic E-state index is 0.393. The topological polar surface area (TPSA) is 81.8 Å². The van der Waals surface area contributed by atoms with Crippen LogP contribution < -0.4 is 4.90 Å². The third kappa shape index (κ3) is 4.65. The predicted molar refractivity (Wildman–Crippen MR) is 97.3 cm³/mol. The minimum absolute atomic E-state index is 0.393. The molecule has 1 fully saturated rings. The van der Waals surface area contributed by atoms with Crippen LogP contribution in [0.1, 0.15) is 24.6 Å². The van der Waals surface area contributed by atoms with E-state index in [0.29, 0.717) is 11.5 Å². The molecule has 0 spiro atoms. The van der Waals surface area contributed by atoms with E-state index in [4.69, 9.17) is 5.26 Å². The SMILES string of the molecule is CCCSc1ncc(CN2CCN(c3nccnc3C#N)CC2)cn1. The van der Waals surface area contributed by atoms with Crippen LogP contribution in [0.25, 0.3) is 0 Å². The molecule has 8 heteroatoms. The zero-order valence-corrected chi connectivity index (χ0v) is 15.1. The van der Waals surface area contributed by atoms with Gasteiger partial charge in [-0.3, -0.25) is 4.90 Å². The van der Waals surface area contributed by atoms with Crippen molar-refractivity contribution in [2.45, 2.75) is 25.0 Å². The summed E-state index contributed by atoms with van der Waals surface area (Å²) >= 11 is 1.69. The van der Waals surface area contributed by atoms with E-state index in [1.807, 2.05) is 12.4 Å². The fourth-order valence-corrected chi connectivity index (χ4v) is 3.35. The molecule has 0 amide bonds. The molecule has 0 aromatic carbocycles. The van der Waals surface area contributed by atoms with E-state index in [0.717, 1.165) is 55.6 Å². The molecular weight excluding hydrogens is 334 g/mol. The number of nitrogens with zero attached hydrogens (tertiary/aromatic N) is 7. The molecule has 0 unspecified atom stereocenters. The first-order chi connectivity index (χ1) is 12.3. The van der Waals surface area contributed by atoms with Gasteiger partial charge in [-0.15, -0.1) is 0 Å². The first-order valence-corrected chi connectivity index (χ1v) is 9.41. The largest absolute Gasteiger partial charge is 0.352 e. The Labute approximate surface area is 152 Å². The Morgan fingerprint density at radius 3 is 2.48 bits per heavy atom. The molecule has 1 aliphatic heterocycles. The van der Waals surface area contributed by atoms with Gasteiger partial charge < -0.3 is 4.90 Å². The first kappa shape index (κ1) is 17.6. The van der Waals surface area contributed by atoms with Crippen molar-refractivity contribution in [3.8, 4) is 6.07 Å². The Morgan fingerprint density at radius 1 is 1.08 bits per heavy atom. The molecule has 7 nitrogen and oxygen atoms in total. The summed E-state index contributed by atoms with van der Waals surface area (Å²) in [4.78, 5) is 21.8. The second-order valence-corrected chi connectivity index (χ2v) is 6.89. The fraction of sp³-hybridized carbons (Fsp3) is 0.471. The van der Waals surface area contributed by atoms with Crippen LogP contribution in [-0.4, -0.2) is 56.8 Å². The number of piperazine rings is 1. The summed E-state index contributed by atoms with van der Waals surface area (Å²) in [7, 11) is 0. The van der Waals surface area contributed by atoms with Gasteiger partial charge in [0, 0.05) is 68.8 Å². The quantitative estimate of drug-likeness (QED) is 0.574. The van der Waals surface area contributed by atoms with Gasteiger partial charge in [-0.2, -0.15) is 5.26 Å². The zero-order chi connectivity index (χ0) is 17.5. The van der Waals surface area contributed by atoms with Crippen LogP contribution >= 0.6 is 11.8 Å². The predicted octanol–water partition coefficient (Wildman–Crippen LogP) is 1.96. The molecule has 0 N–H and O–H groups in total. The van der Waals surface area contributed by atoms with Crippen LogP contribution in [0.2, 0.25) is 0 Å². The summed E-state index contributed by atoms with van der Waals surface area (Å²) in [6, 6.07) is 2.12. The standard InChI is InChI=1S/C17H21N7S/c1-2-9-25-17-21-11-14(12-22-17)13-23-5-7-24(8-6-23)16-15(10-18)19-3-4-20-16/h3-4,11-12H,2,5-9,13H2,1H3. The third-order valence-corrected chi connectivity index (χ3v) is 5.06. The van der Waals surface area contributed by atoms with Gasteiger partial charge in [0.05, 0.1) is 0 Å². The van der Waals surface area contributed by atoms with E-state index in [9.17, 15) is 0 Å². The third-order valence-electron chi connectivity index (χ3n) is 3.98. The van der Waals surface area contributed by atoms with Crippen molar-refractivity contribution in [3.63, 3.8) is 0 Å². The lowest BCUT2D eigenvalue weighted by molar-refractivity contribution is 0.248. The molecule has 3 rings (SSSR count). The molecule has 3 heterocycles. The van der Waals surface area contributed by atoms with E-state index in [1.165, 1.54) is 0 Å². The molecule has 0 radical (unpaired) electrons. The average Bonchev–Trinajstić information content (AvgIpc) is 2.68. The van der Waals surface area contributed by atoms with E-state index in [2.05, 4.69) is 42.7 Å². The maximum atomic E-state index is 9.17. The molecular formula is C17H21N7S. The molecule has 0 bridgehead atoms. The lowest BCUT2D eigenvalue weighted by Gasteiger charge is -2.35. The average molecular weight is 355 g/mol. The summed E-state index contributed by atoms with van der Waals surface area (Å²) in [6.07, 6.45) is 8.17.